The SMILES string of the molecule is CC[C@H](C)[C@H](NC(=O)[C@@H]1C[C@@H](O)CN1C(=O)[C@@H](N)C(C)C)C(=O)N[C@H](C(=O)N[C@@H](Cc1ccc(O)cc1)C(=O)N[C@@H](CO)C(=O)N[C@@H](CC(N)=O)C(=O)N[C@@H](CCCNC(=N)N)C(=O)N[C@@H](CCN)C(=O)N[C@H](C(=O)N[C@H](CCN)C(=O)N[C@@H](CCCCN)C(=O)N[C@@H](CCCNC(=N)N)C(=O)N[C@@H](CCN)C(=O)N[C@@H](CS)C(=O)N[C@@H](Cc1ccc(O)cc1)C(=O)O)[C@@H](C)O)C(C)(C)S. The minimum atomic E-state index is -2.05. The molecule has 0 bridgehead atoms. The molecule has 2 aromatic rings. The van der Waals surface area contributed by atoms with E-state index in [-0.39, 0.29) is 145 Å². The number of carbonyl (C=O) groups is 17. The number of nitrogens with one attached hydrogen (secondary N) is 18. The number of phenols is 2. The number of aliphatic carboxylic acids is 1. The van der Waals surface area contributed by atoms with E-state index >= 15 is 0 Å². The Kier molecular flexibility index (Phi) is 51.1. The van der Waals surface area contributed by atoms with Gasteiger partial charge in [0.25, 0.3) is 0 Å². The van der Waals surface area contributed by atoms with Crippen LogP contribution in [0.3, 0.4) is 0 Å². The van der Waals surface area contributed by atoms with Crippen molar-refractivity contribution in [2.75, 3.05) is 58.2 Å². The number of nitrogens with zero attached hydrogens (tertiary/aromatic N) is 1. The summed E-state index contributed by atoms with van der Waals surface area (Å²) in [6.07, 6.45) is -5.93. The highest BCUT2D eigenvalue weighted by molar-refractivity contribution is 7.81. The number of rotatable bonds is 61. The van der Waals surface area contributed by atoms with Crippen molar-refractivity contribution >= 4 is 138 Å². The van der Waals surface area contributed by atoms with Gasteiger partial charge in [-0.25, -0.2) is 4.79 Å². The summed E-state index contributed by atoms with van der Waals surface area (Å²) in [7, 11) is 0. The molecule has 50 nitrogen and oxygen atoms in total. The quantitative estimate of drug-likeness (QED) is 0.0127. The van der Waals surface area contributed by atoms with Gasteiger partial charge in [0.15, 0.2) is 11.9 Å². The first-order chi connectivity index (χ1) is 63.5. The Morgan fingerprint density at radius 3 is 1.23 bits per heavy atom. The molecule has 16 amide bonds. The second-order valence-electron chi connectivity index (χ2n) is 33.6. The minimum Gasteiger partial charge on any atom is -0.508 e. The standard InChI is InChI=1S/C83H139N27O23S2/c1-8-41(4)62(107-75(127)59-35-47(115)37-110(59)79(131)61(89)40(2)3)76(128)109-64(83(6,7)135)78(130)103-54(33-43-16-20-45(113)21-17-43)71(123)105-57(38-111)73(125)102-55(36-60(88)116)72(124)98-50(15-12-32-95-82(92)93)67(119)100-53(26-30-87)70(122)108-63(42(5)112)77(129)101-52(25-29-86)68(120)96-48(13-9-10-27-84)65(117)97-49(14-11-31-94-81(90)91)66(118)99-51(24-28-85)69(121)106-58(39-134)74(126)104-56(80(132)133)34-44-18-22-46(114)23-19-44/h16-23,40-42,47-59,61-64,111-115,134-135H,8-15,24-39,84-87,89H2,1-7H3,(H2,88,116)(H,96,120)(H,97,117)(H,98,124)(H,99,118)(H,100,119)(H,101,129)(H,102,125)(H,103,130)(H,104,126)(H,105,123)(H,106,121)(H,107,127)(H,108,122)(H,109,128)(H,132,133)(H4,90,91,94)(H4,92,93,95)/t41-,42+,47+,48-,49-,50-,51-,52+,53-,54-,55-,56-,57-,58-,59-,61-,62-,63-,64+/m0/s1. The van der Waals surface area contributed by atoms with Crippen LogP contribution in [-0.4, -0.2) is 320 Å². The summed E-state index contributed by atoms with van der Waals surface area (Å²) >= 11 is 8.80. The van der Waals surface area contributed by atoms with Gasteiger partial charge < -0.3 is 166 Å². The molecular formula is C83H139N27O23S2. The molecule has 0 spiro atoms. The van der Waals surface area contributed by atoms with Gasteiger partial charge >= 0.3 is 5.97 Å². The number of phenolic OH excluding ortho intramolecular Hbond substituents is 2. The lowest BCUT2D eigenvalue weighted by Crippen LogP contribution is -2.64. The van der Waals surface area contributed by atoms with E-state index < -0.39 is 258 Å². The molecular weight excluding hydrogens is 1810 g/mol. The lowest BCUT2D eigenvalue weighted by molar-refractivity contribution is -0.142. The number of hydrogen-bond acceptors (Lipinski definition) is 31. The highest BCUT2D eigenvalue weighted by Crippen LogP contribution is 2.25. The third-order valence-electron chi connectivity index (χ3n) is 21.7. The van der Waals surface area contributed by atoms with Crippen LogP contribution >= 0.6 is 25.3 Å². The zero-order valence-corrected chi connectivity index (χ0v) is 78.5. The number of carboxylic acids is 1. The molecule has 19 atom stereocenters. The lowest BCUT2D eigenvalue weighted by Gasteiger charge is -2.34. The Bertz CT molecular complexity index is 4330. The number of aliphatic hydroxyl groups is 3. The number of aliphatic hydroxyl groups excluding tert-OH is 3. The van der Waals surface area contributed by atoms with Crippen molar-refractivity contribution in [2.24, 2.45) is 57.7 Å². The van der Waals surface area contributed by atoms with E-state index in [9.17, 15) is 112 Å². The Hall–Kier alpha value is -12.0. The van der Waals surface area contributed by atoms with Crippen LogP contribution in [0.25, 0.3) is 0 Å². The third kappa shape index (κ3) is 40.6. The number of benzene rings is 2. The third-order valence-corrected chi connectivity index (χ3v) is 22.4. The number of unbranched alkanes of at least 4 members (excludes halogenated alkanes) is 1. The Labute approximate surface area is 792 Å². The average Bonchev–Trinajstić information content (AvgIpc) is 1.68. The molecule has 1 fully saturated rings. The van der Waals surface area contributed by atoms with Crippen molar-refractivity contribution in [2.45, 2.75) is 258 Å². The highest BCUT2D eigenvalue weighted by atomic mass is 32.1. The molecule has 135 heavy (non-hydrogen) atoms. The second kappa shape index (κ2) is 59.0. The van der Waals surface area contributed by atoms with Gasteiger partial charge in [-0.05, 0) is 158 Å². The van der Waals surface area contributed by atoms with Gasteiger partial charge in [0, 0.05) is 49.4 Å². The summed E-state index contributed by atoms with van der Waals surface area (Å²) in [5.41, 5.74) is 47.0. The van der Waals surface area contributed by atoms with Crippen molar-refractivity contribution in [3.05, 3.63) is 59.7 Å². The predicted octanol–water partition coefficient (Wildman–Crippen LogP) is -10.7. The number of carboxylic acid groups (broad SMARTS) is 1. The maximum Gasteiger partial charge on any atom is 0.326 e. The molecule has 1 saturated heterocycles. The maximum absolute atomic E-state index is 14.7. The second-order valence-corrected chi connectivity index (χ2v) is 35.1. The Morgan fingerprint density at radius 2 is 0.837 bits per heavy atom. The molecule has 0 radical (unpaired) electrons. The molecule has 0 aromatic heterocycles. The van der Waals surface area contributed by atoms with Gasteiger partial charge in [-0.1, -0.05) is 58.4 Å². The van der Waals surface area contributed by atoms with Gasteiger partial charge in [-0.3, -0.25) is 87.5 Å². The van der Waals surface area contributed by atoms with E-state index in [1.807, 2.05) is 0 Å². The maximum atomic E-state index is 14.7. The van der Waals surface area contributed by atoms with Crippen molar-refractivity contribution in [3.63, 3.8) is 0 Å². The fraction of sp³-hybridized carbons (Fsp3) is 0.627. The molecule has 0 unspecified atom stereocenters. The molecule has 2 aromatic carbocycles. The van der Waals surface area contributed by atoms with Gasteiger partial charge in [0.05, 0.1) is 31.3 Å². The zero-order chi connectivity index (χ0) is 102. The number of nitrogens with two attached hydrogens (primary N) is 8. The number of aromatic hydroxyl groups is 2. The molecule has 0 saturated carbocycles. The molecule has 1 aliphatic heterocycles. The largest absolute Gasteiger partial charge is 0.508 e. The number of thiol groups is 2. The minimum absolute atomic E-state index is 0.0176. The van der Waals surface area contributed by atoms with Crippen LogP contribution in [0.15, 0.2) is 48.5 Å². The van der Waals surface area contributed by atoms with Crippen molar-refractivity contribution < 1.29 is 112 Å². The van der Waals surface area contributed by atoms with Crippen LogP contribution < -0.4 is 131 Å². The van der Waals surface area contributed by atoms with Gasteiger partial charge in [-0.2, -0.15) is 25.3 Å². The van der Waals surface area contributed by atoms with Crippen molar-refractivity contribution in [3.8, 4) is 11.5 Å². The highest BCUT2D eigenvalue weighted by Gasteiger charge is 2.46. The lowest BCUT2D eigenvalue weighted by atomic mass is 9.95. The van der Waals surface area contributed by atoms with E-state index in [1.165, 1.54) is 62.4 Å². The summed E-state index contributed by atoms with van der Waals surface area (Å²) in [5.74, 6) is -21.1. The van der Waals surface area contributed by atoms with Crippen LogP contribution in [0.1, 0.15) is 143 Å². The van der Waals surface area contributed by atoms with E-state index in [4.69, 9.17) is 56.7 Å². The van der Waals surface area contributed by atoms with E-state index in [0.29, 0.717) is 12.0 Å². The first-order valence-corrected chi connectivity index (χ1v) is 45.2. The number of carbonyl (C=O) groups excluding carboxylic acids is 16. The van der Waals surface area contributed by atoms with Crippen LogP contribution in [-0.2, 0) is 94.3 Å². The van der Waals surface area contributed by atoms with Crippen LogP contribution in [0.4, 0.5) is 0 Å². The van der Waals surface area contributed by atoms with E-state index in [2.05, 4.69) is 110 Å². The summed E-state index contributed by atoms with van der Waals surface area (Å²) < 4.78 is -1.49. The van der Waals surface area contributed by atoms with Gasteiger partial charge in [0.1, 0.15) is 102 Å². The number of amides is 16. The Morgan fingerprint density at radius 1 is 0.474 bits per heavy atom. The summed E-state index contributed by atoms with van der Waals surface area (Å²) in [4.78, 5) is 240. The smallest absolute Gasteiger partial charge is 0.326 e. The average molecular weight is 1950 g/mol. The Balaban J connectivity index is 1.94. The first-order valence-electron chi connectivity index (χ1n) is 44.1. The predicted molar refractivity (Wildman–Crippen MR) is 498 cm³/mol. The first kappa shape index (κ1) is 117. The number of primary amides is 1. The summed E-state index contributed by atoms with van der Waals surface area (Å²) in [6, 6.07) is -15.1. The topological polar surface area (TPSA) is 863 Å². The normalized spacial score (nSPS) is 16.8. The van der Waals surface area contributed by atoms with Crippen molar-refractivity contribution in [1.29, 1.82) is 10.8 Å². The summed E-state index contributed by atoms with van der Waals surface area (Å²) in [5, 5.41) is 117. The molecule has 3 rings (SSSR count). The van der Waals surface area contributed by atoms with Crippen LogP contribution in [0.5, 0.6) is 11.5 Å². The monoisotopic (exact) mass is 1950 g/mol. The molecule has 0 aliphatic carbocycles. The van der Waals surface area contributed by atoms with Crippen molar-refractivity contribution in [1.82, 2.24) is 90.0 Å². The molecule has 756 valence electrons. The van der Waals surface area contributed by atoms with Crippen LogP contribution in [0.2, 0.25) is 0 Å². The van der Waals surface area contributed by atoms with E-state index in [0.717, 1.165) is 11.8 Å². The fourth-order valence-electron chi connectivity index (χ4n) is 13.8. The number of β-amino-alcohol motifs (C(OH)–C–C–N with tert-alkyl or cyclic N) is 1. The van der Waals surface area contributed by atoms with Crippen LogP contribution in [0, 0.1) is 22.7 Å². The fourth-order valence-corrected chi connectivity index (χ4v) is 14.2. The number of guanidine groups is 2. The number of likely N-dealkylation sites (tertiary alicyclic amines) is 1. The van der Waals surface area contributed by atoms with Gasteiger partial charge in [-0.15, -0.1) is 0 Å². The van der Waals surface area contributed by atoms with Gasteiger partial charge in [0.2, 0.25) is 94.5 Å². The zero-order valence-electron chi connectivity index (χ0n) is 76.7. The molecule has 40 N–H and O–H groups in total. The molecule has 1 aliphatic rings. The molecule has 52 heteroatoms. The number of hydrogen-bond donors (Lipinski definition) is 34. The van der Waals surface area contributed by atoms with E-state index in [1.54, 1.807) is 27.7 Å². The molecule has 1 heterocycles. The summed E-state index contributed by atoms with van der Waals surface area (Å²) in [6.45, 7) is 8.29.